The van der Waals surface area contributed by atoms with E-state index < -0.39 is 0 Å². The first kappa shape index (κ1) is 15.3. The standard InChI is InChI=1S/C21H17N3O/c25-21(17-11-5-2-6-12-17)15-20(16-9-3-1-4-10-16)24-22-18-13-7-8-14-19(18)23-24/h1-14,20H,15H2/t20-/m1/s1. The van der Waals surface area contributed by atoms with Gasteiger partial charge in [-0.25, -0.2) is 0 Å². The molecular formula is C21H17N3O. The van der Waals surface area contributed by atoms with Crippen LogP contribution in [0.5, 0.6) is 0 Å². The molecule has 0 unspecified atom stereocenters. The van der Waals surface area contributed by atoms with E-state index in [0.717, 1.165) is 16.6 Å². The Labute approximate surface area is 145 Å². The number of hydrogen-bond donors (Lipinski definition) is 0. The molecule has 1 aromatic heterocycles. The Hall–Kier alpha value is -3.27. The van der Waals surface area contributed by atoms with E-state index in [2.05, 4.69) is 10.2 Å². The summed E-state index contributed by atoms with van der Waals surface area (Å²) in [5.41, 5.74) is 3.39. The van der Waals surface area contributed by atoms with Gasteiger partial charge in [-0.1, -0.05) is 72.8 Å². The summed E-state index contributed by atoms with van der Waals surface area (Å²) in [7, 11) is 0. The fourth-order valence-corrected chi connectivity index (χ4v) is 2.94. The number of nitrogens with zero attached hydrogens (tertiary/aromatic N) is 3. The van der Waals surface area contributed by atoms with Crippen LogP contribution in [-0.2, 0) is 0 Å². The average molecular weight is 327 g/mol. The van der Waals surface area contributed by atoms with Gasteiger partial charge in [0.25, 0.3) is 0 Å². The van der Waals surface area contributed by atoms with Gasteiger partial charge in [-0.2, -0.15) is 15.0 Å². The summed E-state index contributed by atoms with van der Waals surface area (Å²) in [6.45, 7) is 0. The predicted molar refractivity (Wildman–Crippen MR) is 97.5 cm³/mol. The lowest BCUT2D eigenvalue weighted by molar-refractivity contribution is 0.0965. The average Bonchev–Trinajstić information content (AvgIpc) is 3.11. The molecule has 4 heteroatoms. The van der Waals surface area contributed by atoms with Crippen molar-refractivity contribution in [2.24, 2.45) is 0 Å². The molecule has 0 aliphatic carbocycles. The molecule has 0 bridgehead atoms. The summed E-state index contributed by atoms with van der Waals surface area (Å²) in [4.78, 5) is 14.4. The van der Waals surface area contributed by atoms with Gasteiger partial charge in [-0.05, 0) is 17.7 Å². The van der Waals surface area contributed by atoms with Crippen molar-refractivity contribution in [3.63, 3.8) is 0 Å². The molecule has 0 fully saturated rings. The molecule has 0 aliphatic rings. The van der Waals surface area contributed by atoms with Crippen molar-refractivity contribution < 1.29 is 4.79 Å². The molecule has 25 heavy (non-hydrogen) atoms. The lowest BCUT2D eigenvalue weighted by Crippen LogP contribution is -2.18. The van der Waals surface area contributed by atoms with Crippen LogP contribution in [0.15, 0.2) is 84.9 Å². The number of Topliss-reactive ketones (excluding diaryl/α,β-unsaturated/α-hetero) is 1. The summed E-state index contributed by atoms with van der Waals surface area (Å²) in [6.07, 6.45) is 0.314. The van der Waals surface area contributed by atoms with E-state index in [9.17, 15) is 4.79 Å². The third-order valence-electron chi connectivity index (χ3n) is 4.24. The van der Waals surface area contributed by atoms with Crippen molar-refractivity contribution in [1.29, 1.82) is 0 Å². The second kappa shape index (κ2) is 6.69. The molecule has 122 valence electrons. The third kappa shape index (κ3) is 3.19. The second-order valence-electron chi connectivity index (χ2n) is 5.93. The number of rotatable bonds is 5. The predicted octanol–water partition coefficient (Wildman–Crippen LogP) is 4.29. The monoisotopic (exact) mass is 327 g/mol. The zero-order valence-electron chi connectivity index (χ0n) is 13.6. The molecule has 1 heterocycles. The first-order valence-electron chi connectivity index (χ1n) is 8.26. The van der Waals surface area contributed by atoms with Gasteiger partial charge in [0.15, 0.2) is 5.78 Å². The zero-order valence-corrected chi connectivity index (χ0v) is 13.6. The molecule has 3 aromatic carbocycles. The maximum absolute atomic E-state index is 12.7. The van der Waals surface area contributed by atoms with Crippen LogP contribution in [0.1, 0.15) is 28.4 Å². The molecule has 4 aromatic rings. The van der Waals surface area contributed by atoms with Gasteiger partial charge in [0.2, 0.25) is 0 Å². The van der Waals surface area contributed by atoms with E-state index in [1.807, 2.05) is 84.9 Å². The van der Waals surface area contributed by atoms with Crippen LogP contribution in [0.4, 0.5) is 0 Å². The van der Waals surface area contributed by atoms with Gasteiger partial charge in [-0.15, -0.1) is 0 Å². The minimum atomic E-state index is -0.235. The number of ketones is 1. The number of benzene rings is 3. The molecule has 1 atom stereocenters. The highest BCUT2D eigenvalue weighted by Crippen LogP contribution is 2.24. The molecule has 0 aliphatic heterocycles. The van der Waals surface area contributed by atoms with Crippen LogP contribution in [0, 0.1) is 0 Å². The zero-order chi connectivity index (χ0) is 17.1. The summed E-state index contributed by atoms with van der Waals surface area (Å²) >= 11 is 0. The van der Waals surface area contributed by atoms with E-state index >= 15 is 0 Å². The van der Waals surface area contributed by atoms with E-state index in [-0.39, 0.29) is 11.8 Å². The van der Waals surface area contributed by atoms with Crippen molar-refractivity contribution in [3.8, 4) is 0 Å². The molecule has 0 N–H and O–H groups in total. The van der Waals surface area contributed by atoms with Crippen LogP contribution in [0.3, 0.4) is 0 Å². The number of hydrogen-bond acceptors (Lipinski definition) is 3. The fourth-order valence-electron chi connectivity index (χ4n) is 2.94. The van der Waals surface area contributed by atoms with Crippen molar-refractivity contribution in [3.05, 3.63) is 96.1 Å². The maximum Gasteiger partial charge on any atom is 0.165 e. The Morgan fingerprint density at radius 1 is 0.760 bits per heavy atom. The van der Waals surface area contributed by atoms with Gasteiger partial charge in [-0.3, -0.25) is 4.79 Å². The topological polar surface area (TPSA) is 47.8 Å². The largest absolute Gasteiger partial charge is 0.294 e. The van der Waals surface area contributed by atoms with E-state index in [4.69, 9.17) is 0 Å². The molecule has 0 spiro atoms. The first-order valence-corrected chi connectivity index (χ1v) is 8.26. The SMILES string of the molecule is O=C(C[C@H](c1ccccc1)n1nc2ccccc2n1)c1ccccc1. The van der Waals surface area contributed by atoms with Crippen molar-refractivity contribution in [1.82, 2.24) is 15.0 Å². The van der Waals surface area contributed by atoms with Gasteiger partial charge in [0, 0.05) is 12.0 Å². The molecule has 0 radical (unpaired) electrons. The summed E-state index contributed by atoms with van der Waals surface area (Å²) in [5.74, 6) is 0.0795. The van der Waals surface area contributed by atoms with Gasteiger partial charge < -0.3 is 0 Å². The first-order chi connectivity index (χ1) is 12.3. The van der Waals surface area contributed by atoms with Crippen LogP contribution in [0.25, 0.3) is 11.0 Å². The van der Waals surface area contributed by atoms with Crippen LogP contribution < -0.4 is 0 Å². The number of fused-ring (bicyclic) bond motifs is 1. The Bertz CT molecular complexity index is 960. The Morgan fingerprint density at radius 2 is 1.28 bits per heavy atom. The van der Waals surface area contributed by atoms with E-state index in [1.54, 1.807) is 4.80 Å². The second-order valence-corrected chi connectivity index (χ2v) is 5.93. The molecule has 4 nitrogen and oxygen atoms in total. The van der Waals surface area contributed by atoms with E-state index in [0.29, 0.717) is 12.0 Å². The van der Waals surface area contributed by atoms with Gasteiger partial charge in [0.05, 0.1) is 0 Å². The summed E-state index contributed by atoms with van der Waals surface area (Å²) in [6, 6.07) is 26.8. The highest BCUT2D eigenvalue weighted by atomic mass is 16.1. The number of carbonyl (C=O) groups excluding carboxylic acids is 1. The molecule has 0 saturated heterocycles. The molecule has 0 saturated carbocycles. The maximum atomic E-state index is 12.7. The summed E-state index contributed by atoms with van der Waals surface area (Å²) < 4.78 is 0. The van der Waals surface area contributed by atoms with Crippen LogP contribution in [-0.4, -0.2) is 20.8 Å². The highest BCUT2D eigenvalue weighted by Gasteiger charge is 2.21. The molecule has 0 amide bonds. The summed E-state index contributed by atoms with van der Waals surface area (Å²) in [5, 5.41) is 9.18. The minimum absolute atomic E-state index is 0.0795. The quantitative estimate of drug-likeness (QED) is 0.514. The lowest BCUT2D eigenvalue weighted by Gasteiger charge is -2.16. The normalized spacial score (nSPS) is 12.2. The van der Waals surface area contributed by atoms with Crippen molar-refractivity contribution in [2.45, 2.75) is 12.5 Å². The minimum Gasteiger partial charge on any atom is -0.294 e. The van der Waals surface area contributed by atoms with Crippen molar-refractivity contribution >= 4 is 16.8 Å². The lowest BCUT2D eigenvalue weighted by atomic mass is 9.98. The fraction of sp³-hybridized carbons (Fsp3) is 0.0952. The molecular weight excluding hydrogens is 310 g/mol. The Morgan fingerprint density at radius 3 is 1.88 bits per heavy atom. The van der Waals surface area contributed by atoms with Crippen molar-refractivity contribution in [2.75, 3.05) is 0 Å². The van der Waals surface area contributed by atoms with Gasteiger partial charge >= 0.3 is 0 Å². The third-order valence-corrected chi connectivity index (χ3v) is 4.24. The van der Waals surface area contributed by atoms with Crippen LogP contribution >= 0.6 is 0 Å². The highest BCUT2D eigenvalue weighted by molar-refractivity contribution is 5.96. The Balaban J connectivity index is 1.73. The number of aromatic nitrogens is 3. The molecule has 4 rings (SSSR count). The van der Waals surface area contributed by atoms with Gasteiger partial charge in [0.1, 0.15) is 17.1 Å². The van der Waals surface area contributed by atoms with Crippen LogP contribution in [0.2, 0.25) is 0 Å². The smallest absolute Gasteiger partial charge is 0.165 e. The van der Waals surface area contributed by atoms with E-state index in [1.165, 1.54) is 0 Å². The Kier molecular flexibility index (Phi) is 4.09. The number of carbonyl (C=O) groups is 1.